The van der Waals surface area contributed by atoms with Gasteiger partial charge in [0, 0.05) is 17.4 Å². The first-order chi connectivity index (χ1) is 9.70. The van der Waals surface area contributed by atoms with E-state index in [0.717, 1.165) is 23.4 Å². The maximum atomic E-state index is 5.70. The Bertz CT molecular complexity index is 694. The van der Waals surface area contributed by atoms with E-state index in [2.05, 4.69) is 42.5 Å². The second-order valence-electron chi connectivity index (χ2n) is 5.03. The van der Waals surface area contributed by atoms with Crippen molar-refractivity contribution in [3.8, 4) is 11.1 Å². The van der Waals surface area contributed by atoms with Crippen molar-refractivity contribution in [3.05, 3.63) is 72.1 Å². The predicted octanol–water partition coefficient (Wildman–Crippen LogP) is 3.49. The van der Waals surface area contributed by atoms with Gasteiger partial charge in [0.15, 0.2) is 0 Å². The summed E-state index contributed by atoms with van der Waals surface area (Å²) in [7, 11) is 0. The van der Waals surface area contributed by atoms with E-state index in [0.29, 0.717) is 0 Å². The molecule has 3 aromatic rings. The molecule has 0 spiro atoms. The average Bonchev–Trinajstić information content (AvgIpc) is 2.91. The van der Waals surface area contributed by atoms with E-state index < -0.39 is 0 Å². The topological polar surface area (TPSA) is 43.8 Å². The summed E-state index contributed by atoms with van der Waals surface area (Å²) in [5.41, 5.74) is 11.3. The second kappa shape index (κ2) is 5.21. The van der Waals surface area contributed by atoms with Gasteiger partial charge >= 0.3 is 0 Å². The molecule has 0 aliphatic heterocycles. The summed E-state index contributed by atoms with van der Waals surface area (Å²) in [6, 6.07) is 16.4. The maximum absolute atomic E-state index is 5.70. The Morgan fingerprint density at radius 1 is 0.950 bits per heavy atom. The normalized spacial score (nSPS) is 10.7. The minimum atomic E-state index is 0.779. The summed E-state index contributed by atoms with van der Waals surface area (Å²) < 4.78 is 1.95. The molecule has 3 nitrogen and oxygen atoms in total. The van der Waals surface area contributed by atoms with Gasteiger partial charge in [0.05, 0.1) is 12.7 Å². The van der Waals surface area contributed by atoms with Gasteiger partial charge in [0.1, 0.15) is 0 Å². The fourth-order valence-corrected chi connectivity index (χ4v) is 2.16. The monoisotopic (exact) mass is 263 g/mol. The zero-order valence-electron chi connectivity index (χ0n) is 11.5. The lowest BCUT2D eigenvalue weighted by atomic mass is 10.1. The molecule has 0 aliphatic rings. The van der Waals surface area contributed by atoms with E-state index in [4.69, 9.17) is 5.73 Å². The van der Waals surface area contributed by atoms with E-state index in [1.807, 2.05) is 35.1 Å². The number of nitrogens with zero attached hydrogens (tertiary/aromatic N) is 2. The van der Waals surface area contributed by atoms with Crippen molar-refractivity contribution in [2.24, 2.45) is 0 Å². The third kappa shape index (κ3) is 2.72. The van der Waals surface area contributed by atoms with Crippen molar-refractivity contribution in [3.63, 3.8) is 0 Å². The third-order valence-corrected chi connectivity index (χ3v) is 3.34. The van der Waals surface area contributed by atoms with Crippen molar-refractivity contribution in [2.45, 2.75) is 13.5 Å². The zero-order valence-corrected chi connectivity index (χ0v) is 11.5. The van der Waals surface area contributed by atoms with Gasteiger partial charge in [-0.05, 0) is 30.2 Å². The van der Waals surface area contributed by atoms with Crippen LogP contribution in [-0.4, -0.2) is 9.78 Å². The first-order valence-electron chi connectivity index (χ1n) is 6.64. The molecule has 2 N–H and O–H groups in total. The fraction of sp³-hybridized carbons (Fsp3) is 0.118. The number of nitrogen functional groups attached to an aromatic ring is 1. The van der Waals surface area contributed by atoms with E-state index in [-0.39, 0.29) is 0 Å². The molecular weight excluding hydrogens is 246 g/mol. The SMILES string of the molecule is Cc1ccc(Cn2cc(-c3ccc(N)cc3)cn2)cc1. The predicted molar refractivity (Wildman–Crippen MR) is 82.4 cm³/mol. The number of nitrogens with two attached hydrogens (primary N) is 1. The Hall–Kier alpha value is -2.55. The summed E-state index contributed by atoms with van der Waals surface area (Å²) >= 11 is 0. The molecule has 0 unspecified atom stereocenters. The Kier molecular flexibility index (Phi) is 3.25. The van der Waals surface area contributed by atoms with Gasteiger partial charge in [-0.1, -0.05) is 42.0 Å². The molecule has 1 aromatic heterocycles. The molecule has 0 aliphatic carbocycles. The molecule has 0 atom stereocenters. The van der Waals surface area contributed by atoms with Crippen LogP contribution in [0.25, 0.3) is 11.1 Å². The number of hydrogen-bond acceptors (Lipinski definition) is 2. The Morgan fingerprint density at radius 3 is 2.35 bits per heavy atom. The van der Waals surface area contributed by atoms with Gasteiger partial charge in [-0.25, -0.2) is 0 Å². The number of aromatic nitrogens is 2. The van der Waals surface area contributed by atoms with E-state index in [1.54, 1.807) is 0 Å². The highest BCUT2D eigenvalue weighted by molar-refractivity contribution is 5.63. The summed E-state index contributed by atoms with van der Waals surface area (Å²) in [5.74, 6) is 0. The zero-order chi connectivity index (χ0) is 13.9. The fourth-order valence-electron chi connectivity index (χ4n) is 2.16. The lowest BCUT2D eigenvalue weighted by Crippen LogP contribution is -1.99. The minimum Gasteiger partial charge on any atom is -0.399 e. The molecule has 3 heteroatoms. The van der Waals surface area contributed by atoms with Crippen molar-refractivity contribution in [2.75, 3.05) is 5.73 Å². The molecule has 0 amide bonds. The van der Waals surface area contributed by atoms with Crippen LogP contribution in [0.2, 0.25) is 0 Å². The van der Waals surface area contributed by atoms with Crippen molar-refractivity contribution in [1.82, 2.24) is 9.78 Å². The highest BCUT2D eigenvalue weighted by Gasteiger charge is 2.02. The Labute approximate surface area is 118 Å². The molecule has 0 radical (unpaired) electrons. The van der Waals surface area contributed by atoms with Crippen LogP contribution >= 0.6 is 0 Å². The summed E-state index contributed by atoms with van der Waals surface area (Å²) in [4.78, 5) is 0. The second-order valence-corrected chi connectivity index (χ2v) is 5.03. The average molecular weight is 263 g/mol. The lowest BCUT2D eigenvalue weighted by molar-refractivity contribution is 0.687. The number of aryl methyl sites for hydroxylation is 1. The van der Waals surface area contributed by atoms with Crippen molar-refractivity contribution >= 4 is 5.69 Å². The molecule has 0 fully saturated rings. The van der Waals surface area contributed by atoms with Crippen LogP contribution in [0.3, 0.4) is 0 Å². The van der Waals surface area contributed by atoms with Gasteiger partial charge in [0.25, 0.3) is 0 Å². The van der Waals surface area contributed by atoms with Crippen molar-refractivity contribution in [1.29, 1.82) is 0 Å². The van der Waals surface area contributed by atoms with Gasteiger partial charge in [-0.15, -0.1) is 0 Å². The molecule has 20 heavy (non-hydrogen) atoms. The first-order valence-corrected chi connectivity index (χ1v) is 6.64. The molecule has 100 valence electrons. The third-order valence-electron chi connectivity index (χ3n) is 3.34. The standard InChI is InChI=1S/C17H17N3/c1-13-2-4-14(5-3-13)11-20-12-16(10-19-20)15-6-8-17(18)9-7-15/h2-10,12H,11,18H2,1H3. The molecule has 1 heterocycles. The van der Waals surface area contributed by atoms with Crippen LogP contribution in [0.5, 0.6) is 0 Å². The first kappa shape index (κ1) is 12.5. The van der Waals surface area contributed by atoms with Crippen LogP contribution in [-0.2, 0) is 6.54 Å². The van der Waals surface area contributed by atoms with Crippen LogP contribution in [0.4, 0.5) is 5.69 Å². The minimum absolute atomic E-state index is 0.779. The van der Waals surface area contributed by atoms with Crippen LogP contribution < -0.4 is 5.73 Å². The molecule has 2 aromatic carbocycles. The van der Waals surface area contributed by atoms with Gasteiger partial charge in [-0.3, -0.25) is 4.68 Å². The van der Waals surface area contributed by atoms with Crippen molar-refractivity contribution < 1.29 is 0 Å². The molecule has 0 saturated carbocycles. The molecule has 0 bridgehead atoms. The highest BCUT2D eigenvalue weighted by Crippen LogP contribution is 2.20. The molecule has 3 rings (SSSR count). The highest BCUT2D eigenvalue weighted by atomic mass is 15.3. The van der Waals surface area contributed by atoms with Gasteiger partial charge < -0.3 is 5.73 Å². The number of rotatable bonds is 3. The Balaban J connectivity index is 1.80. The van der Waals surface area contributed by atoms with Gasteiger partial charge in [-0.2, -0.15) is 5.10 Å². The quantitative estimate of drug-likeness (QED) is 0.735. The van der Waals surface area contributed by atoms with E-state index in [1.165, 1.54) is 11.1 Å². The maximum Gasteiger partial charge on any atom is 0.0659 e. The van der Waals surface area contributed by atoms with E-state index in [9.17, 15) is 0 Å². The van der Waals surface area contributed by atoms with E-state index >= 15 is 0 Å². The summed E-state index contributed by atoms with van der Waals surface area (Å²) in [6.45, 7) is 2.88. The molecular formula is C17H17N3. The van der Waals surface area contributed by atoms with Gasteiger partial charge in [0.2, 0.25) is 0 Å². The van der Waals surface area contributed by atoms with Crippen LogP contribution in [0, 0.1) is 6.92 Å². The van der Waals surface area contributed by atoms with Crippen LogP contribution in [0.15, 0.2) is 60.9 Å². The number of benzene rings is 2. The summed E-state index contributed by atoms with van der Waals surface area (Å²) in [5, 5.41) is 4.42. The Morgan fingerprint density at radius 2 is 1.65 bits per heavy atom. The van der Waals surface area contributed by atoms with Crippen LogP contribution in [0.1, 0.15) is 11.1 Å². The number of hydrogen-bond donors (Lipinski definition) is 1. The lowest BCUT2D eigenvalue weighted by Gasteiger charge is -2.02. The number of anilines is 1. The summed E-state index contributed by atoms with van der Waals surface area (Å²) in [6.07, 6.45) is 3.95. The smallest absolute Gasteiger partial charge is 0.0659 e. The molecule has 0 saturated heterocycles. The largest absolute Gasteiger partial charge is 0.399 e.